The summed E-state index contributed by atoms with van der Waals surface area (Å²) in [6, 6.07) is 8.39. The zero-order valence-electron chi connectivity index (χ0n) is 11.1. The second-order valence-corrected chi connectivity index (χ2v) is 6.81. The minimum Gasteiger partial charge on any atom is -0.355 e. The van der Waals surface area contributed by atoms with Crippen molar-refractivity contribution >= 4 is 39.0 Å². The molecule has 8 heteroatoms. The van der Waals surface area contributed by atoms with Crippen LogP contribution in [0.5, 0.6) is 0 Å². The van der Waals surface area contributed by atoms with Gasteiger partial charge < -0.3 is 4.90 Å². The molecule has 21 heavy (non-hydrogen) atoms. The first kappa shape index (κ1) is 16.0. The largest absolute Gasteiger partial charge is 0.355 e. The molecule has 112 valence electrons. The average molecular weight is 346 g/mol. The second-order valence-electron chi connectivity index (χ2n) is 4.47. The number of primary sulfonamides is 1. The Morgan fingerprint density at radius 3 is 2.52 bits per heavy atom. The first-order valence-corrected chi connectivity index (χ1v) is 8.22. The lowest BCUT2D eigenvalue weighted by atomic mass is 10.2. The van der Waals surface area contributed by atoms with Crippen LogP contribution in [0.2, 0.25) is 10.0 Å². The van der Waals surface area contributed by atoms with E-state index in [4.69, 9.17) is 28.3 Å². The molecular weight excluding hydrogens is 333 g/mol. The molecule has 0 fully saturated rings. The van der Waals surface area contributed by atoms with E-state index < -0.39 is 10.0 Å². The van der Waals surface area contributed by atoms with Crippen LogP contribution in [0, 0.1) is 0 Å². The number of halogens is 2. The summed E-state index contributed by atoms with van der Waals surface area (Å²) in [5.74, 6) is 0.596. The summed E-state index contributed by atoms with van der Waals surface area (Å²) in [7, 11) is -1.92. The average Bonchev–Trinajstić information content (AvgIpc) is 2.43. The quantitative estimate of drug-likeness (QED) is 0.923. The molecule has 1 aromatic heterocycles. The molecule has 5 nitrogen and oxygen atoms in total. The van der Waals surface area contributed by atoms with E-state index in [0.29, 0.717) is 22.4 Å². The van der Waals surface area contributed by atoms with Crippen LogP contribution in [0.25, 0.3) is 0 Å². The Morgan fingerprint density at radius 1 is 1.24 bits per heavy atom. The van der Waals surface area contributed by atoms with Crippen LogP contribution < -0.4 is 10.0 Å². The van der Waals surface area contributed by atoms with Crippen LogP contribution in [0.3, 0.4) is 0 Å². The van der Waals surface area contributed by atoms with Gasteiger partial charge in [-0.15, -0.1) is 0 Å². The second kappa shape index (κ2) is 6.19. The molecule has 0 radical (unpaired) electrons. The standard InChI is InChI=1S/C13H13Cl2N3O2S/c1-18(8-9-3-2-4-11(14)13(9)15)12-6-5-10(7-17-12)21(16,19)20/h2-7H,8H2,1H3,(H2,16,19,20). The van der Waals surface area contributed by atoms with Gasteiger partial charge in [-0.25, -0.2) is 18.5 Å². The third-order valence-electron chi connectivity index (χ3n) is 2.88. The van der Waals surface area contributed by atoms with E-state index in [1.54, 1.807) is 12.1 Å². The summed E-state index contributed by atoms with van der Waals surface area (Å²) in [5.41, 5.74) is 0.851. The molecule has 0 aliphatic rings. The van der Waals surface area contributed by atoms with Crippen molar-refractivity contribution in [2.24, 2.45) is 5.14 Å². The highest BCUT2D eigenvalue weighted by molar-refractivity contribution is 7.89. The lowest BCUT2D eigenvalue weighted by Gasteiger charge is -2.19. The van der Waals surface area contributed by atoms with Crippen LogP contribution in [0.1, 0.15) is 5.56 Å². The lowest BCUT2D eigenvalue weighted by Crippen LogP contribution is -2.19. The number of benzene rings is 1. The van der Waals surface area contributed by atoms with Gasteiger partial charge in [-0.1, -0.05) is 35.3 Å². The molecule has 1 aromatic carbocycles. The number of rotatable bonds is 4. The van der Waals surface area contributed by atoms with Gasteiger partial charge in [0.25, 0.3) is 0 Å². The highest BCUT2D eigenvalue weighted by Gasteiger charge is 2.11. The Balaban J connectivity index is 2.21. The van der Waals surface area contributed by atoms with Crippen LogP contribution in [-0.4, -0.2) is 20.4 Å². The summed E-state index contributed by atoms with van der Waals surface area (Å²) in [6.45, 7) is 0.487. The van der Waals surface area contributed by atoms with Gasteiger partial charge in [0.2, 0.25) is 10.0 Å². The molecule has 0 atom stereocenters. The highest BCUT2D eigenvalue weighted by atomic mass is 35.5. The van der Waals surface area contributed by atoms with Gasteiger partial charge in [0.15, 0.2) is 0 Å². The van der Waals surface area contributed by atoms with Crippen LogP contribution in [-0.2, 0) is 16.6 Å². The molecule has 0 aliphatic heterocycles. The summed E-state index contributed by atoms with van der Waals surface area (Å²) in [5, 5.41) is 6.01. The van der Waals surface area contributed by atoms with E-state index in [2.05, 4.69) is 4.98 Å². The van der Waals surface area contributed by atoms with Crippen LogP contribution in [0.4, 0.5) is 5.82 Å². The van der Waals surface area contributed by atoms with Gasteiger partial charge >= 0.3 is 0 Å². The van der Waals surface area contributed by atoms with Gasteiger partial charge in [-0.05, 0) is 23.8 Å². The molecule has 0 unspecified atom stereocenters. The third-order valence-corrected chi connectivity index (χ3v) is 4.64. The Hall–Kier alpha value is -1.34. The highest BCUT2D eigenvalue weighted by Crippen LogP contribution is 2.27. The zero-order chi connectivity index (χ0) is 15.6. The first-order chi connectivity index (χ1) is 9.79. The molecule has 2 N–H and O–H groups in total. The first-order valence-electron chi connectivity index (χ1n) is 5.92. The van der Waals surface area contributed by atoms with E-state index in [0.717, 1.165) is 5.56 Å². The number of hydrogen-bond acceptors (Lipinski definition) is 4. The predicted octanol–water partition coefficient (Wildman–Crippen LogP) is 2.67. The maximum atomic E-state index is 11.2. The van der Waals surface area contributed by atoms with Gasteiger partial charge in [0.05, 0.1) is 10.0 Å². The SMILES string of the molecule is CN(Cc1cccc(Cl)c1Cl)c1ccc(S(N)(=O)=O)cn1. The summed E-state index contributed by atoms with van der Waals surface area (Å²) >= 11 is 12.1. The van der Waals surface area contributed by atoms with E-state index in [-0.39, 0.29) is 4.90 Å². The molecule has 0 saturated heterocycles. The van der Waals surface area contributed by atoms with Gasteiger partial charge in [0.1, 0.15) is 10.7 Å². The molecule has 2 aromatic rings. The minimum absolute atomic E-state index is 0.0274. The smallest absolute Gasteiger partial charge is 0.239 e. The Labute approximate surface area is 133 Å². The van der Waals surface area contributed by atoms with E-state index in [9.17, 15) is 8.42 Å². The molecule has 0 amide bonds. The monoisotopic (exact) mass is 345 g/mol. The molecule has 1 heterocycles. The normalized spacial score (nSPS) is 11.4. The van der Waals surface area contributed by atoms with Crippen molar-refractivity contribution in [2.75, 3.05) is 11.9 Å². The summed E-state index contributed by atoms with van der Waals surface area (Å²) in [6.07, 6.45) is 1.22. The van der Waals surface area contributed by atoms with Crippen molar-refractivity contribution < 1.29 is 8.42 Å². The van der Waals surface area contributed by atoms with Crippen molar-refractivity contribution in [1.29, 1.82) is 0 Å². The van der Waals surface area contributed by atoms with E-state index in [1.807, 2.05) is 24.1 Å². The van der Waals surface area contributed by atoms with Crippen molar-refractivity contribution in [3.8, 4) is 0 Å². The summed E-state index contributed by atoms with van der Waals surface area (Å²) in [4.78, 5) is 5.88. The fourth-order valence-electron chi connectivity index (χ4n) is 1.77. The molecule has 2 rings (SSSR count). The number of aromatic nitrogens is 1. The topological polar surface area (TPSA) is 76.3 Å². The maximum absolute atomic E-state index is 11.2. The summed E-state index contributed by atoms with van der Waals surface area (Å²) < 4.78 is 22.4. The number of nitrogens with two attached hydrogens (primary N) is 1. The Bertz CT molecular complexity index is 749. The fourth-order valence-corrected chi connectivity index (χ4v) is 2.61. The Kier molecular flexibility index (Phi) is 4.73. The zero-order valence-corrected chi connectivity index (χ0v) is 13.5. The fraction of sp³-hybridized carbons (Fsp3) is 0.154. The van der Waals surface area contributed by atoms with Crippen molar-refractivity contribution in [1.82, 2.24) is 4.98 Å². The van der Waals surface area contributed by atoms with E-state index in [1.165, 1.54) is 12.3 Å². The molecular formula is C13H13Cl2N3O2S. The van der Waals surface area contributed by atoms with Gasteiger partial charge in [0, 0.05) is 19.8 Å². The Morgan fingerprint density at radius 2 is 1.95 bits per heavy atom. The minimum atomic E-state index is -3.74. The number of anilines is 1. The number of hydrogen-bond donors (Lipinski definition) is 1. The molecule has 0 aliphatic carbocycles. The van der Waals surface area contributed by atoms with Gasteiger partial charge in [-0.3, -0.25) is 0 Å². The lowest BCUT2D eigenvalue weighted by molar-refractivity contribution is 0.597. The molecule has 0 saturated carbocycles. The van der Waals surface area contributed by atoms with Crippen LogP contribution >= 0.6 is 23.2 Å². The van der Waals surface area contributed by atoms with Crippen molar-refractivity contribution in [2.45, 2.75) is 11.4 Å². The van der Waals surface area contributed by atoms with Crippen molar-refractivity contribution in [3.05, 3.63) is 52.1 Å². The van der Waals surface area contributed by atoms with Crippen molar-refractivity contribution in [3.63, 3.8) is 0 Å². The predicted molar refractivity (Wildman–Crippen MR) is 84.2 cm³/mol. The molecule has 0 bridgehead atoms. The van der Waals surface area contributed by atoms with Crippen LogP contribution in [0.15, 0.2) is 41.4 Å². The number of pyridine rings is 1. The van der Waals surface area contributed by atoms with Gasteiger partial charge in [-0.2, -0.15) is 0 Å². The molecule has 0 spiro atoms. The third kappa shape index (κ3) is 3.85. The maximum Gasteiger partial charge on any atom is 0.239 e. The number of nitrogens with zero attached hydrogens (tertiary/aromatic N) is 2. The number of sulfonamides is 1. The van der Waals surface area contributed by atoms with E-state index >= 15 is 0 Å².